The number of carbonyl (C=O) groups excluding carboxylic acids is 2. The van der Waals surface area contributed by atoms with Gasteiger partial charge in [0, 0.05) is 11.4 Å². The highest BCUT2D eigenvalue weighted by molar-refractivity contribution is 6.30. The summed E-state index contributed by atoms with van der Waals surface area (Å²) in [4.78, 5) is 24.7. The van der Waals surface area contributed by atoms with Crippen LogP contribution in [0.2, 0.25) is 5.02 Å². The van der Waals surface area contributed by atoms with Crippen LogP contribution in [0.15, 0.2) is 54.6 Å². The summed E-state index contributed by atoms with van der Waals surface area (Å²) < 4.78 is 5.53. The second-order valence-corrected chi connectivity index (χ2v) is 6.52. The van der Waals surface area contributed by atoms with Crippen molar-refractivity contribution in [1.29, 1.82) is 0 Å². The second kappa shape index (κ2) is 8.13. The fourth-order valence-corrected chi connectivity index (χ4v) is 3.00. The third-order valence-corrected chi connectivity index (χ3v) is 4.49. The second-order valence-electron chi connectivity index (χ2n) is 6.08. The largest absolute Gasteiger partial charge is 0.451 e. The Kier molecular flexibility index (Phi) is 5.67. The van der Waals surface area contributed by atoms with Crippen LogP contribution < -0.4 is 0 Å². The minimum atomic E-state index is -0.632. The standard InChI is InChI=1S/C21H19ClO3/c22-17-12-10-16(11-13-17)18(14-15-6-2-1-3-7-15)21(24)25-20-9-5-4-8-19(20)23/h1-3,6-7,10-14,20H,4-5,8-9H2/b18-14+. The van der Waals surface area contributed by atoms with Crippen molar-refractivity contribution in [1.82, 2.24) is 0 Å². The van der Waals surface area contributed by atoms with Gasteiger partial charge in [-0.05, 0) is 48.6 Å². The Morgan fingerprint density at radius 2 is 1.76 bits per heavy atom. The molecule has 3 nitrogen and oxygen atoms in total. The number of ketones is 1. The summed E-state index contributed by atoms with van der Waals surface area (Å²) >= 11 is 5.95. The summed E-state index contributed by atoms with van der Waals surface area (Å²) in [5, 5.41) is 0.596. The Bertz CT molecular complexity index is 779. The van der Waals surface area contributed by atoms with Crippen LogP contribution in [-0.2, 0) is 14.3 Å². The van der Waals surface area contributed by atoms with Crippen LogP contribution in [0.3, 0.4) is 0 Å². The van der Waals surface area contributed by atoms with Gasteiger partial charge in [0.2, 0.25) is 0 Å². The molecule has 1 atom stereocenters. The first-order chi connectivity index (χ1) is 12.1. The Balaban J connectivity index is 1.90. The lowest BCUT2D eigenvalue weighted by molar-refractivity contribution is -0.151. The topological polar surface area (TPSA) is 43.4 Å². The first-order valence-corrected chi connectivity index (χ1v) is 8.77. The molecule has 0 N–H and O–H groups in total. The third-order valence-electron chi connectivity index (χ3n) is 4.23. The highest BCUT2D eigenvalue weighted by Crippen LogP contribution is 2.25. The first-order valence-electron chi connectivity index (χ1n) is 8.40. The number of esters is 1. The number of rotatable bonds is 4. The molecule has 3 rings (SSSR count). The van der Waals surface area contributed by atoms with Gasteiger partial charge in [0.25, 0.3) is 0 Å². The lowest BCUT2D eigenvalue weighted by Crippen LogP contribution is -2.30. The lowest BCUT2D eigenvalue weighted by atomic mass is 9.96. The fourth-order valence-electron chi connectivity index (χ4n) is 2.87. The van der Waals surface area contributed by atoms with E-state index < -0.39 is 12.1 Å². The summed E-state index contributed by atoms with van der Waals surface area (Å²) in [7, 11) is 0. The number of carbonyl (C=O) groups is 2. The molecule has 1 saturated carbocycles. The van der Waals surface area contributed by atoms with Gasteiger partial charge in [0.1, 0.15) is 0 Å². The quantitative estimate of drug-likeness (QED) is 0.444. The zero-order valence-corrected chi connectivity index (χ0v) is 14.5. The van der Waals surface area contributed by atoms with E-state index in [0.717, 1.165) is 18.4 Å². The van der Waals surface area contributed by atoms with Gasteiger partial charge in [-0.15, -0.1) is 0 Å². The van der Waals surface area contributed by atoms with Crippen LogP contribution in [0.1, 0.15) is 36.8 Å². The Labute approximate surface area is 152 Å². The maximum Gasteiger partial charge on any atom is 0.339 e. The van der Waals surface area contributed by atoms with Gasteiger partial charge in [-0.3, -0.25) is 4.79 Å². The van der Waals surface area contributed by atoms with Crippen LogP contribution >= 0.6 is 11.6 Å². The van der Waals surface area contributed by atoms with E-state index in [1.165, 1.54) is 0 Å². The monoisotopic (exact) mass is 354 g/mol. The molecular weight excluding hydrogens is 336 g/mol. The maximum absolute atomic E-state index is 12.8. The summed E-state index contributed by atoms with van der Waals surface area (Å²) in [5.74, 6) is -0.471. The van der Waals surface area contributed by atoms with E-state index in [9.17, 15) is 9.59 Å². The molecule has 0 aromatic heterocycles. The Morgan fingerprint density at radius 1 is 1.04 bits per heavy atom. The van der Waals surface area contributed by atoms with E-state index in [-0.39, 0.29) is 5.78 Å². The smallest absolute Gasteiger partial charge is 0.339 e. The average molecular weight is 355 g/mol. The number of hydrogen-bond donors (Lipinski definition) is 0. The van der Waals surface area contributed by atoms with Crippen LogP contribution in [0.4, 0.5) is 0 Å². The summed E-state index contributed by atoms with van der Waals surface area (Å²) in [6, 6.07) is 16.6. The Morgan fingerprint density at radius 3 is 2.44 bits per heavy atom. The molecule has 1 unspecified atom stereocenters. The number of ether oxygens (including phenoxy) is 1. The fraction of sp³-hybridized carbons (Fsp3) is 0.238. The Hall–Kier alpha value is -2.39. The van der Waals surface area contributed by atoms with Gasteiger partial charge >= 0.3 is 5.97 Å². The van der Waals surface area contributed by atoms with Crippen molar-refractivity contribution in [3.05, 3.63) is 70.7 Å². The van der Waals surface area contributed by atoms with Crippen molar-refractivity contribution >= 4 is 35.0 Å². The van der Waals surface area contributed by atoms with E-state index in [4.69, 9.17) is 16.3 Å². The van der Waals surface area contributed by atoms with Crippen LogP contribution in [-0.4, -0.2) is 17.9 Å². The van der Waals surface area contributed by atoms with Gasteiger partial charge in [0.15, 0.2) is 11.9 Å². The average Bonchev–Trinajstić information content (AvgIpc) is 2.63. The van der Waals surface area contributed by atoms with Crippen molar-refractivity contribution in [2.45, 2.75) is 31.8 Å². The molecule has 1 aliphatic rings. The molecule has 0 bridgehead atoms. The molecule has 0 aliphatic heterocycles. The molecule has 25 heavy (non-hydrogen) atoms. The molecule has 0 saturated heterocycles. The third kappa shape index (κ3) is 4.58. The van der Waals surface area contributed by atoms with Gasteiger partial charge in [-0.25, -0.2) is 4.79 Å². The summed E-state index contributed by atoms with van der Waals surface area (Å²) in [6.07, 6.45) is 4.01. The highest BCUT2D eigenvalue weighted by atomic mass is 35.5. The molecule has 0 amide bonds. The van der Waals surface area contributed by atoms with Crippen molar-refractivity contribution in [2.24, 2.45) is 0 Å². The molecular formula is C21H19ClO3. The molecule has 1 aliphatic carbocycles. The molecule has 2 aromatic carbocycles. The predicted molar refractivity (Wildman–Crippen MR) is 99.1 cm³/mol. The van der Waals surface area contributed by atoms with E-state index in [1.54, 1.807) is 30.3 Å². The molecule has 4 heteroatoms. The van der Waals surface area contributed by atoms with Crippen LogP contribution in [0, 0.1) is 0 Å². The molecule has 0 heterocycles. The number of hydrogen-bond acceptors (Lipinski definition) is 3. The SMILES string of the molecule is O=C(OC1CCCCC1=O)/C(=C/c1ccccc1)c1ccc(Cl)cc1. The molecule has 1 fully saturated rings. The number of Topliss-reactive ketones (excluding diaryl/α,β-unsaturated/α-hetero) is 1. The van der Waals surface area contributed by atoms with Gasteiger partial charge in [0.05, 0.1) is 5.57 Å². The number of halogens is 1. The van der Waals surface area contributed by atoms with Crippen molar-refractivity contribution in [3.63, 3.8) is 0 Å². The molecule has 0 spiro atoms. The van der Waals surface area contributed by atoms with E-state index in [1.807, 2.05) is 30.3 Å². The zero-order chi connectivity index (χ0) is 17.6. The van der Waals surface area contributed by atoms with Crippen LogP contribution in [0.5, 0.6) is 0 Å². The first kappa shape index (κ1) is 17.4. The van der Waals surface area contributed by atoms with Gasteiger partial charge in [-0.2, -0.15) is 0 Å². The normalized spacial score (nSPS) is 18.0. The van der Waals surface area contributed by atoms with E-state index >= 15 is 0 Å². The molecule has 0 radical (unpaired) electrons. The van der Waals surface area contributed by atoms with Crippen molar-refractivity contribution in [2.75, 3.05) is 0 Å². The molecule has 2 aromatic rings. The lowest BCUT2D eigenvalue weighted by Gasteiger charge is -2.21. The van der Waals surface area contributed by atoms with Crippen molar-refractivity contribution < 1.29 is 14.3 Å². The minimum Gasteiger partial charge on any atom is -0.451 e. The highest BCUT2D eigenvalue weighted by Gasteiger charge is 2.27. The maximum atomic E-state index is 12.8. The predicted octanol–water partition coefficient (Wildman–Crippen LogP) is 4.94. The van der Waals surface area contributed by atoms with Gasteiger partial charge in [-0.1, -0.05) is 54.1 Å². The van der Waals surface area contributed by atoms with Gasteiger partial charge < -0.3 is 4.74 Å². The van der Waals surface area contributed by atoms with E-state index in [0.29, 0.717) is 29.0 Å². The van der Waals surface area contributed by atoms with Crippen molar-refractivity contribution in [3.8, 4) is 0 Å². The zero-order valence-electron chi connectivity index (χ0n) is 13.8. The van der Waals surface area contributed by atoms with E-state index in [2.05, 4.69) is 0 Å². The minimum absolute atomic E-state index is 0.00904. The molecule has 128 valence electrons. The summed E-state index contributed by atoms with van der Waals surface area (Å²) in [6.45, 7) is 0. The number of benzene rings is 2. The van der Waals surface area contributed by atoms with Crippen LogP contribution in [0.25, 0.3) is 11.6 Å². The summed E-state index contributed by atoms with van der Waals surface area (Å²) in [5.41, 5.74) is 2.02.